The highest BCUT2D eigenvalue weighted by Gasteiger charge is 2.47. The van der Waals surface area contributed by atoms with E-state index in [0.29, 0.717) is 48.6 Å². The zero-order valence-corrected chi connectivity index (χ0v) is 23.4. The predicted molar refractivity (Wildman–Crippen MR) is 146 cm³/mol. The standard InChI is InChI=1S/C29H35N3O6S/c1-4-37-28(34)26-25(23-9-8-16-38-23)24-21(17-29(2,3)18-22(24)33)32(27(26)30)19-10-12-20(13-11-19)39(35,36)31-14-6-5-7-15-31/h8-13,16,25H,4-7,14-15,17-18,30H2,1-3H3. The Balaban J connectivity index is 1.65. The Kier molecular flexibility index (Phi) is 7.19. The molecule has 1 aromatic carbocycles. The summed E-state index contributed by atoms with van der Waals surface area (Å²) in [7, 11) is -3.62. The molecule has 5 rings (SSSR count). The number of Topliss-reactive ketones (excluding diaryl/α,β-unsaturated/α-hetero) is 1. The van der Waals surface area contributed by atoms with Crippen LogP contribution < -0.4 is 10.6 Å². The van der Waals surface area contributed by atoms with Gasteiger partial charge < -0.3 is 14.9 Å². The number of anilines is 1. The van der Waals surface area contributed by atoms with Crippen LogP contribution in [0.1, 0.15) is 64.6 Å². The average Bonchev–Trinajstić information content (AvgIpc) is 3.43. The van der Waals surface area contributed by atoms with Gasteiger partial charge in [-0.3, -0.25) is 9.69 Å². The maximum atomic E-state index is 13.7. The number of nitrogens with zero attached hydrogens (tertiary/aromatic N) is 2. The molecule has 9 nitrogen and oxygen atoms in total. The van der Waals surface area contributed by atoms with Crippen LogP contribution >= 0.6 is 0 Å². The molecule has 3 heterocycles. The van der Waals surface area contributed by atoms with Gasteiger partial charge in [0.15, 0.2) is 5.78 Å². The first-order valence-corrected chi connectivity index (χ1v) is 14.9. The van der Waals surface area contributed by atoms with E-state index >= 15 is 0 Å². The quantitative estimate of drug-likeness (QED) is 0.521. The summed E-state index contributed by atoms with van der Waals surface area (Å²) in [6, 6.07) is 9.91. The summed E-state index contributed by atoms with van der Waals surface area (Å²) in [6.07, 6.45) is 5.05. The number of ether oxygens (including phenoxy) is 1. The summed E-state index contributed by atoms with van der Waals surface area (Å²) in [5.74, 6) is -0.955. The van der Waals surface area contributed by atoms with Crippen molar-refractivity contribution >= 4 is 27.5 Å². The fourth-order valence-electron chi connectivity index (χ4n) is 5.87. The SMILES string of the molecule is CCOC(=O)C1=C(N)N(c2ccc(S(=O)(=O)N3CCCCC3)cc2)C2=C(C(=O)CC(C)(C)C2)C1c1ccco1. The van der Waals surface area contributed by atoms with Gasteiger partial charge in [0, 0.05) is 36.5 Å². The fourth-order valence-corrected chi connectivity index (χ4v) is 7.39. The summed E-state index contributed by atoms with van der Waals surface area (Å²) in [5, 5.41) is 0. The Labute approximate surface area is 229 Å². The Morgan fingerprint density at radius 3 is 2.41 bits per heavy atom. The number of allylic oxidation sites excluding steroid dienone is 2. The van der Waals surface area contributed by atoms with Gasteiger partial charge in [-0.1, -0.05) is 20.3 Å². The zero-order chi connectivity index (χ0) is 27.9. The monoisotopic (exact) mass is 553 g/mol. The van der Waals surface area contributed by atoms with Crippen LogP contribution in [-0.2, 0) is 24.3 Å². The van der Waals surface area contributed by atoms with E-state index in [4.69, 9.17) is 14.9 Å². The first-order chi connectivity index (χ1) is 18.5. The molecule has 1 atom stereocenters. The molecule has 10 heteroatoms. The van der Waals surface area contributed by atoms with Crippen molar-refractivity contribution in [2.45, 2.75) is 63.7 Å². The topological polar surface area (TPSA) is 123 Å². The first-order valence-electron chi connectivity index (χ1n) is 13.4. The van der Waals surface area contributed by atoms with E-state index in [1.807, 2.05) is 13.8 Å². The van der Waals surface area contributed by atoms with Crippen LogP contribution in [0.15, 0.2) is 74.6 Å². The van der Waals surface area contributed by atoms with E-state index in [2.05, 4.69) is 0 Å². The van der Waals surface area contributed by atoms with E-state index in [1.54, 1.807) is 48.2 Å². The minimum absolute atomic E-state index is 0.0914. The van der Waals surface area contributed by atoms with Gasteiger partial charge in [-0.2, -0.15) is 4.31 Å². The summed E-state index contributed by atoms with van der Waals surface area (Å²) in [4.78, 5) is 28.9. The number of carbonyl (C=O) groups excluding carboxylic acids is 2. The smallest absolute Gasteiger partial charge is 0.338 e. The van der Waals surface area contributed by atoms with E-state index < -0.39 is 21.9 Å². The van der Waals surface area contributed by atoms with Gasteiger partial charge in [-0.15, -0.1) is 0 Å². The van der Waals surface area contributed by atoms with Crippen LogP contribution in [0.3, 0.4) is 0 Å². The lowest BCUT2D eigenvalue weighted by Gasteiger charge is -2.43. The van der Waals surface area contributed by atoms with Crippen molar-refractivity contribution in [2.24, 2.45) is 11.1 Å². The number of rotatable bonds is 6. The predicted octanol–water partition coefficient (Wildman–Crippen LogP) is 4.43. The summed E-state index contributed by atoms with van der Waals surface area (Å²) in [6.45, 7) is 6.90. The van der Waals surface area contributed by atoms with E-state index in [1.165, 1.54) is 10.6 Å². The number of piperidine rings is 1. The molecule has 3 aliphatic rings. The van der Waals surface area contributed by atoms with E-state index in [0.717, 1.165) is 19.3 Å². The number of hydrogen-bond donors (Lipinski definition) is 1. The molecule has 1 unspecified atom stereocenters. The number of sulfonamides is 1. The minimum Gasteiger partial charge on any atom is -0.468 e. The van der Waals surface area contributed by atoms with Crippen molar-refractivity contribution in [3.63, 3.8) is 0 Å². The summed E-state index contributed by atoms with van der Waals surface area (Å²) < 4.78 is 39.1. The number of benzene rings is 1. The molecule has 1 fully saturated rings. The van der Waals surface area contributed by atoms with E-state index in [-0.39, 0.29) is 34.1 Å². The minimum atomic E-state index is -3.62. The molecule has 1 saturated heterocycles. The lowest BCUT2D eigenvalue weighted by atomic mass is 9.69. The Morgan fingerprint density at radius 2 is 1.79 bits per heavy atom. The number of nitrogens with two attached hydrogens (primary N) is 1. The molecule has 2 aliphatic heterocycles. The molecule has 208 valence electrons. The Morgan fingerprint density at radius 1 is 1.10 bits per heavy atom. The molecule has 0 amide bonds. The molecule has 1 aliphatic carbocycles. The van der Waals surface area contributed by atoms with Crippen molar-refractivity contribution < 1.29 is 27.2 Å². The number of carbonyl (C=O) groups is 2. The maximum Gasteiger partial charge on any atom is 0.338 e. The molecule has 2 N–H and O–H groups in total. The van der Waals surface area contributed by atoms with Crippen LogP contribution in [0.5, 0.6) is 0 Å². The molecular formula is C29H35N3O6S. The van der Waals surface area contributed by atoms with Gasteiger partial charge in [0.1, 0.15) is 11.6 Å². The highest BCUT2D eigenvalue weighted by Crippen LogP contribution is 2.50. The van der Waals surface area contributed by atoms with E-state index in [9.17, 15) is 18.0 Å². The van der Waals surface area contributed by atoms with Gasteiger partial charge in [-0.05, 0) is 68.0 Å². The third kappa shape index (κ3) is 4.91. The van der Waals surface area contributed by atoms with Gasteiger partial charge >= 0.3 is 5.97 Å². The third-order valence-electron chi connectivity index (χ3n) is 7.63. The zero-order valence-electron chi connectivity index (χ0n) is 22.6. The van der Waals surface area contributed by atoms with Gasteiger partial charge in [0.05, 0.1) is 29.3 Å². The lowest BCUT2D eigenvalue weighted by molar-refractivity contribution is -0.138. The molecule has 0 radical (unpaired) electrons. The van der Waals surface area contributed by atoms with Gasteiger partial charge in [0.2, 0.25) is 10.0 Å². The number of furan rings is 1. The van der Waals surface area contributed by atoms with Crippen molar-refractivity contribution in [2.75, 3.05) is 24.6 Å². The molecule has 0 bridgehead atoms. The molecule has 0 saturated carbocycles. The van der Waals surface area contributed by atoms with Crippen LogP contribution in [0.4, 0.5) is 5.69 Å². The van der Waals surface area contributed by atoms with Crippen molar-refractivity contribution in [3.8, 4) is 0 Å². The van der Waals surface area contributed by atoms with Crippen molar-refractivity contribution in [1.29, 1.82) is 0 Å². The van der Waals surface area contributed by atoms with Crippen LogP contribution in [0, 0.1) is 5.41 Å². The summed E-state index contributed by atoms with van der Waals surface area (Å²) >= 11 is 0. The first kappa shape index (κ1) is 27.2. The van der Waals surface area contributed by atoms with Gasteiger partial charge in [0.25, 0.3) is 0 Å². The second-order valence-electron chi connectivity index (χ2n) is 11.1. The Hall–Kier alpha value is -3.37. The molecule has 0 spiro atoms. The van der Waals surface area contributed by atoms with Crippen LogP contribution in [-0.4, -0.2) is 44.2 Å². The molecule has 39 heavy (non-hydrogen) atoms. The number of ketones is 1. The van der Waals surface area contributed by atoms with Crippen LogP contribution in [0.2, 0.25) is 0 Å². The highest BCUT2D eigenvalue weighted by molar-refractivity contribution is 7.89. The average molecular weight is 554 g/mol. The highest BCUT2D eigenvalue weighted by atomic mass is 32.2. The lowest BCUT2D eigenvalue weighted by Crippen LogP contribution is -2.43. The van der Waals surface area contributed by atoms with Gasteiger partial charge in [-0.25, -0.2) is 13.2 Å². The normalized spacial score (nSPS) is 22.2. The van der Waals surface area contributed by atoms with Crippen molar-refractivity contribution in [3.05, 3.63) is 71.1 Å². The summed E-state index contributed by atoms with van der Waals surface area (Å²) in [5.41, 5.74) is 8.22. The van der Waals surface area contributed by atoms with Crippen LogP contribution in [0.25, 0.3) is 0 Å². The molecule has 1 aromatic heterocycles. The largest absolute Gasteiger partial charge is 0.468 e. The number of hydrogen-bond acceptors (Lipinski definition) is 8. The second-order valence-corrected chi connectivity index (χ2v) is 13.0. The van der Waals surface area contributed by atoms with Crippen molar-refractivity contribution in [1.82, 2.24) is 4.31 Å². The fraction of sp³-hybridized carbons (Fsp3) is 0.448. The third-order valence-corrected chi connectivity index (χ3v) is 9.54. The molecule has 2 aromatic rings. The molecular weight excluding hydrogens is 518 g/mol. The second kappa shape index (κ2) is 10.3. The number of esters is 1. The maximum absolute atomic E-state index is 13.7. The Bertz CT molecular complexity index is 1430.